The number of rotatable bonds is 11. The number of ether oxygens (including phenoxy) is 2. The molecule has 0 saturated carbocycles. The maximum atomic E-state index is 5.92. The van der Waals surface area contributed by atoms with Gasteiger partial charge in [0.05, 0.1) is 19.8 Å². The third kappa shape index (κ3) is 9.54. The van der Waals surface area contributed by atoms with Crippen LogP contribution in [0.5, 0.6) is 0 Å². The first-order valence-electron chi connectivity index (χ1n) is 9.97. The van der Waals surface area contributed by atoms with Gasteiger partial charge in [0.2, 0.25) is 0 Å². The summed E-state index contributed by atoms with van der Waals surface area (Å²) in [6.45, 7) is 7.33. The molecule has 0 aliphatic carbocycles. The lowest BCUT2D eigenvalue weighted by molar-refractivity contribution is 0.0906. The van der Waals surface area contributed by atoms with Crippen LogP contribution >= 0.6 is 24.0 Å². The summed E-state index contributed by atoms with van der Waals surface area (Å²) in [5.41, 5.74) is 1.24. The Kier molecular flexibility index (Phi) is 13.5. The molecule has 1 saturated heterocycles. The van der Waals surface area contributed by atoms with Gasteiger partial charge < -0.3 is 24.6 Å². The molecule has 0 radical (unpaired) electrons. The Morgan fingerprint density at radius 2 is 2.07 bits per heavy atom. The number of hydrogen-bond acceptors (Lipinski definition) is 4. The lowest BCUT2D eigenvalue weighted by atomic mass is 10.1. The predicted molar refractivity (Wildman–Crippen MR) is 127 cm³/mol. The van der Waals surface area contributed by atoms with Crippen molar-refractivity contribution in [3.63, 3.8) is 0 Å². The minimum Gasteiger partial charge on any atom is -0.383 e. The van der Waals surface area contributed by atoms with E-state index in [0.717, 1.165) is 64.7 Å². The second-order valence-electron chi connectivity index (χ2n) is 7.23. The SMILES string of the molecule is CN=C(NCCCN(C)CCOC)N1CCC(COCc2ccccc2)C1.I. The molecule has 0 aromatic heterocycles. The molecule has 1 heterocycles. The van der Waals surface area contributed by atoms with Gasteiger partial charge in [-0.25, -0.2) is 0 Å². The minimum atomic E-state index is 0. The van der Waals surface area contributed by atoms with Crippen molar-refractivity contribution < 1.29 is 9.47 Å². The van der Waals surface area contributed by atoms with Crippen LogP contribution in [0.2, 0.25) is 0 Å². The van der Waals surface area contributed by atoms with Crippen LogP contribution in [0.1, 0.15) is 18.4 Å². The van der Waals surface area contributed by atoms with Crippen LogP contribution in [0.15, 0.2) is 35.3 Å². The molecule has 1 atom stereocenters. The van der Waals surface area contributed by atoms with Gasteiger partial charge in [-0.3, -0.25) is 4.99 Å². The second-order valence-corrected chi connectivity index (χ2v) is 7.23. The van der Waals surface area contributed by atoms with Gasteiger partial charge in [-0.1, -0.05) is 30.3 Å². The van der Waals surface area contributed by atoms with Crippen LogP contribution in [0.4, 0.5) is 0 Å². The Morgan fingerprint density at radius 3 is 2.79 bits per heavy atom. The van der Waals surface area contributed by atoms with Crippen molar-refractivity contribution in [2.75, 3.05) is 67.1 Å². The smallest absolute Gasteiger partial charge is 0.193 e. The highest BCUT2D eigenvalue weighted by Gasteiger charge is 2.24. The zero-order chi connectivity index (χ0) is 19.3. The molecule has 6 nitrogen and oxygen atoms in total. The molecule has 1 aliphatic rings. The molecule has 0 amide bonds. The van der Waals surface area contributed by atoms with Crippen LogP contribution in [-0.2, 0) is 16.1 Å². The summed E-state index contributed by atoms with van der Waals surface area (Å²) in [6, 6.07) is 10.4. The fraction of sp³-hybridized carbons (Fsp3) is 0.667. The van der Waals surface area contributed by atoms with E-state index in [1.165, 1.54) is 5.56 Å². The van der Waals surface area contributed by atoms with E-state index >= 15 is 0 Å². The number of likely N-dealkylation sites (tertiary alicyclic amines) is 1. The molecule has 1 aliphatic heterocycles. The largest absolute Gasteiger partial charge is 0.383 e. The van der Waals surface area contributed by atoms with Gasteiger partial charge in [0.1, 0.15) is 0 Å². The Balaban J connectivity index is 0.00000392. The first-order chi connectivity index (χ1) is 13.2. The van der Waals surface area contributed by atoms with Gasteiger partial charge in [-0.15, -0.1) is 24.0 Å². The summed E-state index contributed by atoms with van der Waals surface area (Å²) in [6.07, 6.45) is 2.26. The van der Waals surface area contributed by atoms with Crippen LogP contribution in [-0.4, -0.2) is 82.9 Å². The van der Waals surface area contributed by atoms with Crippen molar-refractivity contribution >= 4 is 29.9 Å². The van der Waals surface area contributed by atoms with E-state index in [1.54, 1.807) is 7.11 Å². The molecule has 1 unspecified atom stereocenters. The Hall–Kier alpha value is -0.900. The molecule has 0 bridgehead atoms. The number of halogens is 1. The summed E-state index contributed by atoms with van der Waals surface area (Å²) < 4.78 is 11.0. The molecule has 0 spiro atoms. The maximum Gasteiger partial charge on any atom is 0.193 e. The van der Waals surface area contributed by atoms with Gasteiger partial charge in [0.15, 0.2) is 5.96 Å². The highest BCUT2D eigenvalue weighted by atomic mass is 127. The number of nitrogens with one attached hydrogen (secondary N) is 1. The Labute approximate surface area is 187 Å². The van der Waals surface area contributed by atoms with Crippen molar-refractivity contribution in [2.24, 2.45) is 10.9 Å². The summed E-state index contributed by atoms with van der Waals surface area (Å²) >= 11 is 0. The number of nitrogens with zero attached hydrogens (tertiary/aromatic N) is 3. The maximum absolute atomic E-state index is 5.92. The zero-order valence-electron chi connectivity index (χ0n) is 17.6. The average Bonchev–Trinajstić information content (AvgIpc) is 3.16. The number of methoxy groups -OCH3 is 1. The van der Waals surface area contributed by atoms with Gasteiger partial charge >= 0.3 is 0 Å². The molecule has 1 N–H and O–H groups in total. The van der Waals surface area contributed by atoms with E-state index in [4.69, 9.17) is 9.47 Å². The third-order valence-corrected chi connectivity index (χ3v) is 4.94. The zero-order valence-corrected chi connectivity index (χ0v) is 19.9. The summed E-state index contributed by atoms with van der Waals surface area (Å²) in [4.78, 5) is 9.10. The van der Waals surface area contributed by atoms with E-state index in [0.29, 0.717) is 12.5 Å². The van der Waals surface area contributed by atoms with Gasteiger partial charge in [-0.05, 0) is 32.0 Å². The van der Waals surface area contributed by atoms with Crippen LogP contribution in [0, 0.1) is 5.92 Å². The highest BCUT2D eigenvalue weighted by molar-refractivity contribution is 14.0. The molecule has 1 aromatic rings. The standard InChI is InChI=1S/C21H36N4O2.HI/c1-22-21(23-11-7-12-24(2)14-15-26-3)25-13-10-20(16-25)18-27-17-19-8-5-4-6-9-19;/h4-6,8-9,20H,7,10-18H2,1-3H3,(H,22,23);1H. The van der Waals surface area contributed by atoms with Crippen LogP contribution < -0.4 is 5.32 Å². The molecule has 160 valence electrons. The first kappa shape index (κ1) is 25.1. The molecule has 7 heteroatoms. The lowest BCUT2D eigenvalue weighted by Crippen LogP contribution is -2.41. The van der Waals surface area contributed by atoms with E-state index in [2.05, 4.69) is 51.4 Å². The van der Waals surface area contributed by atoms with Crippen molar-refractivity contribution in [1.29, 1.82) is 0 Å². The van der Waals surface area contributed by atoms with E-state index in [9.17, 15) is 0 Å². The molecule has 1 fully saturated rings. The molecule has 2 rings (SSSR count). The van der Waals surface area contributed by atoms with Gasteiger partial charge in [0.25, 0.3) is 0 Å². The highest BCUT2D eigenvalue weighted by Crippen LogP contribution is 2.17. The van der Waals surface area contributed by atoms with Gasteiger partial charge in [0, 0.05) is 46.3 Å². The summed E-state index contributed by atoms with van der Waals surface area (Å²) in [5, 5.41) is 3.50. The van der Waals surface area contributed by atoms with Crippen molar-refractivity contribution in [2.45, 2.75) is 19.4 Å². The predicted octanol–water partition coefficient (Wildman–Crippen LogP) is 2.69. The van der Waals surface area contributed by atoms with E-state index in [1.807, 2.05) is 13.1 Å². The third-order valence-electron chi connectivity index (χ3n) is 4.94. The fourth-order valence-electron chi connectivity index (χ4n) is 3.32. The quantitative estimate of drug-likeness (QED) is 0.218. The van der Waals surface area contributed by atoms with Crippen molar-refractivity contribution in [1.82, 2.24) is 15.1 Å². The topological polar surface area (TPSA) is 49.3 Å². The summed E-state index contributed by atoms with van der Waals surface area (Å²) in [5.74, 6) is 1.59. The Morgan fingerprint density at radius 1 is 1.29 bits per heavy atom. The molecule has 28 heavy (non-hydrogen) atoms. The number of likely N-dealkylation sites (N-methyl/N-ethyl adjacent to an activating group) is 1. The van der Waals surface area contributed by atoms with E-state index < -0.39 is 0 Å². The monoisotopic (exact) mass is 504 g/mol. The number of benzene rings is 1. The molecular weight excluding hydrogens is 467 g/mol. The number of aliphatic imine (C=N–C) groups is 1. The first-order valence-corrected chi connectivity index (χ1v) is 9.97. The summed E-state index contributed by atoms with van der Waals surface area (Å²) in [7, 11) is 5.75. The second kappa shape index (κ2) is 15.0. The van der Waals surface area contributed by atoms with Gasteiger partial charge in [-0.2, -0.15) is 0 Å². The number of guanidine groups is 1. The Bertz CT molecular complexity index is 544. The molecule has 1 aromatic carbocycles. The lowest BCUT2D eigenvalue weighted by Gasteiger charge is -2.22. The van der Waals surface area contributed by atoms with E-state index in [-0.39, 0.29) is 24.0 Å². The average molecular weight is 504 g/mol. The normalized spacial score (nSPS) is 17.1. The minimum absolute atomic E-state index is 0. The number of hydrogen-bond donors (Lipinski definition) is 1. The van der Waals surface area contributed by atoms with Crippen LogP contribution in [0.25, 0.3) is 0 Å². The van der Waals surface area contributed by atoms with Crippen molar-refractivity contribution in [3.8, 4) is 0 Å². The fourth-order valence-corrected chi connectivity index (χ4v) is 3.32. The molecular formula is C21H37IN4O2. The van der Waals surface area contributed by atoms with Crippen LogP contribution in [0.3, 0.4) is 0 Å². The van der Waals surface area contributed by atoms with Crippen molar-refractivity contribution in [3.05, 3.63) is 35.9 Å².